The largest absolute Gasteiger partial charge is 0.376 e. The number of thiophene rings is 1. The zero-order valence-corrected chi connectivity index (χ0v) is 14.3. The second kappa shape index (κ2) is 8.13. The monoisotopic (exact) mass is 347 g/mol. The van der Waals surface area contributed by atoms with E-state index in [0.29, 0.717) is 5.56 Å². The van der Waals surface area contributed by atoms with Crippen molar-refractivity contribution >= 4 is 22.9 Å². The second-order valence-electron chi connectivity index (χ2n) is 5.47. The Morgan fingerprint density at radius 3 is 2.64 bits per heavy atom. The van der Waals surface area contributed by atoms with Crippen LogP contribution in [0.1, 0.15) is 22.0 Å². The number of carbonyl (C=O) groups is 1. The fraction of sp³-hybridized carbons (Fsp3) is 0.100. The number of anilines is 1. The van der Waals surface area contributed by atoms with Crippen molar-refractivity contribution in [2.24, 2.45) is 0 Å². The summed E-state index contributed by atoms with van der Waals surface area (Å²) in [5.41, 5.74) is 2.36. The first kappa shape index (κ1) is 16.7. The molecular formula is C20H17N3OS. The highest BCUT2D eigenvalue weighted by atomic mass is 32.1. The molecule has 0 spiro atoms. The van der Waals surface area contributed by atoms with Crippen LogP contribution in [0, 0.1) is 11.3 Å². The molecule has 1 heterocycles. The van der Waals surface area contributed by atoms with Crippen LogP contribution in [-0.4, -0.2) is 12.5 Å². The van der Waals surface area contributed by atoms with Gasteiger partial charge in [0.25, 0.3) is 0 Å². The average Bonchev–Trinajstić information content (AvgIpc) is 3.20. The number of nitrogens with zero attached hydrogens (tertiary/aromatic N) is 1. The second-order valence-corrected chi connectivity index (χ2v) is 6.45. The average molecular weight is 347 g/mol. The summed E-state index contributed by atoms with van der Waals surface area (Å²) in [6, 6.07) is 22.9. The van der Waals surface area contributed by atoms with Crippen molar-refractivity contribution in [3.05, 3.63) is 88.1 Å². The van der Waals surface area contributed by atoms with E-state index in [1.807, 2.05) is 53.9 Å². The van der Waals surface area contributed by atoms with E-state index in [4.69, 9.17) is 5.26 Å². The summed E-state index contributed by atoms with van der Waals surface area (Å²) in [6.07, 6.45) is 0. The van der Waals surface area contributed by atoms with Gasteiger partial charge in [0.2, 0.25) is 5.91 Å². The zero-order chi connectivity index (χ0) is 17.5. The number of hydrogen-bond acceptors (Lipinski definition) is 4. The molecule has 5 heteroatoms. The van der Waals surface area contributed by atoms with Crippen LogP contribution in [0.15, 0.2) is 72.1 Å². The lowest BCUT2D eigenvalue weighted by Gasteiger charge is -2.18. The van der Waals surface area contributed by atoms with E-state index in [2.05, 4.69) is 16.7 Å². The van der Waals surface area contributed by atoms with E-state index in [0.717, 1.165) is 16.1 Å². The van der Waals surface area contributed by atoms with E-state index < -0.39 is 0 Å². The molecule has 2 N–H and O–H groups in total. The third kappa shape index (κ3) is 4.46. The third-order valence-corrected chi connectivity index (χ3v) is 4.65. The number of rotatable bonds is 6. The first-order valence-corrected chi connectivity index (χ1v) is 8.76. The molecule has 124 valence electrons. The van der Waals surface area contributed by atoms with E-state index >= 15 is 0 Å². The van der Waals surface area contributed by atoms with Crippen molar-refractivity contribution in [3.8, 4) is 6.07 Å². The minimum absolute atomic E-state index is 0.107. The molecule has 0 unspecified atom stereocenters. The first-order valence-electron chi connectivity index (χ1n) is 7.88. The summed E-state index contributed by atoms with van der Waals surface area (Å²) in [4.78, 5) is 13.5. The number of carbonyl (C=O) groups excluding carboxylic acids is 1. The van der Waals surface area contributed by atoms with Gasteiger partial charge in [0.15, 0.2) is 0 Å². The van der Waals surface area contributed by atoms with Crippen LogP contribution in [0.2, 0.25) is 0 Å². The maximum Gasteiger partial charge on any atom is 0.240 e. The smallest absolute Gasteiger partial charge is 0.240 e. The maximum absolute atomic E-state index is 12.4. The Hall–Kier alpha value is -3.10. The summed E-state index contributed by atoms with van der Waals surface area (Å²) < 4.78 is 0. The van der Waals surface area contributed by atoms with Crippen LogP contribution in [0.25, 0.3) is 0 Å². The molecule has 0 aliphatic carbocycles. The van der Waals surface area contributed by atoms with Crippen LogP contribution in [0.3, 0.4) is 0 Å². The summed E-state index contributed by atoms with van der Waals surface area (Å²) in [7, 11) is 0. The number of nitriles is 1. The van der Waals surface area contributed by atoms with Crippen LogP contribution in [0.5, 0.6) is 0 Å². The lowest BCUT2D eigenvalue weighted by Crippen LogP contribution is -2.33. The van der Waals surface area contributed by atoms with Gasteiger partial charge in [-0.3, -0.25) is 4.79 Å². The van der Waals surface area contributed by atoms with Gasteiger partial charge in [0.05, 0.1) is 24.2 Å². The van der Waals surface area contributed by atoms with Gasteiger partial charge in [-0.1, -0.05) is 42.5 Å². The van der Waals surface area contributed by atoms with Gasteiger partial charge in [0, 0.05) is 10.6 Å². The van der Waals surface area contributed by atoms with Gasteiger partial charge >= 0.3 is 0 Å². The predicted octanol–water partition coefficient (Wildman–Crippen LogP) is 3.94. The zero-order valence-electron chi connectivity index (χ0n) is 13.5. The van der Waals surface area contributed by atoms with Gasteiger partial charge < -0.3 is 10.6 Å². The molecule has 2 aromatic carbocycles. The van der Waals surface area contributed by atoms with Gasteiger partial charge in [0.1, 0.15) is 0 Å². The summed E-state index contributed by atoms with van der Waals surface area (Å²) in [5.74, 6) is -0.107. The van der Waals surface area contributed by atoms with Crippen molar-refractivity contribution in [1.29, 1.82) is 5.26 Å². The molecule has 0 bridgehead atoms. The predicted molar refractivity (Wildman–Crippen MR) is 100 cm³/mol. The van der Waals surface area contributed by atoms with E-state index in [-0.39, 0.29) is 18.5 Å². The van der Waals surface area contributed by atoms with Crippen molar-refractivity contribution in [3.63, 3.8) is 0 Å². The van der Waals surface area contributed by atoms with Crippen molar-refractivity contribution < 1.29 is 4.79 Å². The lowest BCUT2D eigenvalue weighted by atomic mass is 10.1. The minimum atomic E-state index is -0.166. The minimum Gasteiger partial charge on any atom is -0.376 e. The molecule has 0 aliphatic rings. The Labute approximate surface area is 150 Å². The highest BCUT2D eigenvalue weighted by Crippen LogP contribution is 2.25. The molecule has 0 saturated carbocycles. The Morgan fingerprint density at radius 2 is 1.92 bits per heavy atom. The van der Waals surface area contributed by atoms with Crippen molar-refractivity contribution in [1.82, 2.24) is 5.32 Å². The molecule has 4 nitrogen and oxygen atoms in total. The number of nitrogens with one attached hydrogen (secondary N) is 2. The number of amides is 1. The molecule has 3 aromatic rings. The molecule has 0 fully saturated rings. The van der Waals surface area contributed by atoms with Gasteiger partial charge in [-0.2, -0.15) is 5.26 Å². The SMILES string of the molecule is N#Cc1cccc(NCC(=O)N[C@@H](c2ccccc2)c2cccs2)c1. The van der Waals surface area contributed by atoms with Crippen molar-refractivity contribution in [2.45, 2.75) is 6.04 Å². The fourth-order valence-corrected chi connectivity index (χ4v) is 3.32. The van der Waals surface area contributed by atoms with E-state index in [9.17, 15) is 4.79 Å². The first-order chi connectivity index (χ1) is 12.3. The van der Waals surface area contributed by atoms with Crippen molar-refractivity contribution in [2.75, 3.05) is 11.9 Å². The summed E-state index contributed by atoms with van der Waals surface area (Å²) in [6.45, 7) is 0.142. The molecule has 25 heavy (non-hydrogen) atoms. The van der Waals surface area contributed by atoms with Crippen LogP contribution in [-0.2, 0) is 4.79 Å². The number of hydrogen-bond donors (Lipinski definition) is 2. The van der Waals surface area contributed by atoms with E-state index in [1.165, 1.54) is 0 Å². The highest BCUT2D eigenvalue weighted by molar-refractivity contribution is 7.10. The summed E-state index contributed by atoms with van der Waals surface area (Å²) in [5, 5.41) is 17.1. The Kier molecular flexibility index (Phi) is 5.45. The Bertz CT molecular complexity index is 869. The molecule has 0 aliphatic heterocycles. The maximum atomic E-state index is 12.4. The Balaban J connectivity index is 1.67. The highest BCUT2D eigenvalue weighted by Gasteiger charge is 2.17. The number of benzene rings is 2. The topological polar surface area (TPSA) is 64.9 Å². The van der Waals surface area contributed by atoms with Crippen LogP contribution >= 0.6 is 11.3 Å². The quantitative estimate of drug-likeness (QED) is 0.710. The molecular weight excluding hydrogens is 330 g/mol. The molecule has 3 rings (SSSR count). The van der Waals surface area contributed by atoms with E-state index in [1.54, 1.807) is 29.5 Å². The normalized spacial score (nSPS) is 11.3. The molecule has 1 amide bonds. The standard InChI is InChI=1S/C20H17N3OS/c21-13-15-6-4-9-17(12-15)22-14-19(24)23-20(18-10-5-11-25-18)16-7-2-1-3-8-16/h1-12,20,22H,14H2,(H,23,24)/t20-/m0/s1. The van der Waals surface area contributed by atoms with Gasteiger partial charge in [-0.25, -0.2) is 0 Å². The third-order valence-electron chi connectivity index (χ3n) is 3.71. The molecule has 0 radical (unpaired) electrons. The summed E-state index contributed by atoms with van der Waals surface area (Å²) >= 11 is 1.62. The van der Waals surface area contributed by atoms with Gasteiger partial charge in [-0.05, 0) is 35.2 Å². The van der Waals surface area contributed by atoms with Gasteiger partial charge in [-0.15, -0.1) is 11.3 Å². The van der Waals surface area contributed by atoms with Crippen LogP contribution < -0.4 is 10.6 Å². The molecule has 1 aromatic heterocycles. The lowest BCUT2D eigenvalue weighted by molar-refractivity contribution is -0.119. The Morgan fingerprint density at radius 1 is 1.08 bits per heavy atom. The molecule has 1 atom stereocenters. The molecule has 0 saturated heterocycles. The van der Waals surface area contributed by atoms with Crippen LogP contribution in [0.4, 0.5) is 5.69 Å². The fourth-order valence-electron chi connectivity index (χ4n) is 2.51.